The van der Waals surface area contributed by atoms with Gasteiger partial charge in [0.15, 0.2) is 0 Å². The Balaban J connectivity index is 2.53. The van der Waals surface area contributed by atoms with Crippen LogP contribution >= 0.6 is 0 Å². The standard InChI is InChI=1S/C13H20FNO2S/c1-11-5-7-12(8-6-11)18(16,17)15-10-4-9-13(2,3)14/h5-8,15H,4,9-10H2,1-3H3. The fourth-order valence-electron chi connectivity index (χ4n) is 1.52. The van der Waals surface area contributed by atoms with Crippen LogP contribution in [0.3, 0.4) is 0 Å². The Bertz CT molecular complexity index is 475. The summed E-state index contributed by atoms with van der Waals surface area (Å²) in [6.45, 7) is 5.12. The molecule has 0 bridgehead atoms. The van der Waals surface area contributed by atoms with Gasteiger partial charge in [-0.15, -0.1) is 0 Å². The number of nitrogens with one attached hydrogen (secondary N) is 1. The molecule has 0 fully saturated rings. The maximum atomic E-state index is 13.2. The van der Waals surface area contributed by atoms with Crippen molar-refractivity contribution in [2.24, 2.45) is 0 Å². The van der Waals surface area contributed by atoms with Crippen molar-refractivity contribution in [2.75, 3.05) is 6.54 Å². The fraction of sp³-hybridized carbons (Fsp3) is 0.538. The molecule has 0 heterocycles. The predicted octanol–water partition coefficient (Wildman–Crippen LogP) is 2.80. The molecule has 5 heteroatoms. The molecular weight excluding hydrogens is 253 g/mol. The minimum Gasteiger partial charge on any atom is -0.245 e. The van der Waals surface area contributed by atoms with Gasteiger partial charge in [0.25, 0.3) is 0 Å². The molecule has 0 aliphatic carbocycles. The van der Waals surface area contributed by atoms with E-state index in [1.807, 2.05) is 6.92 Å². The molecule has 1 N–H and O–H groups in total. The number of halogens is 1. The first-order chi connectivity index (χ1) is 8.21. The third-order valence-corrected chi connectivity index (χ3v) is 4.05. The average molecular weight is 273 g/mol. The third kappa shape index (κ3) is 5.14. The van der Waals surface area contributed by atoms with Crippen LogP contribution < -0.4 is 4.72 Å². The second-order valence-electron chi connectivity index (χ2n) is 5.03. The van der Waals surface area contributed by atoms with Crippen LogP contribution in [0.5, 0.6) is 0 Å². The lowest BCUT2D eigenvalue weighted by molar-refractivity contribution is 0.198. The first-order valence-electron chi connectivity index (χ1n) is 5.96. The molecule has 0 spiro atoms. The van der Waals surface area contributed by atoms with E-state index in [9.17, 15) is 12.8 Å². The molecule has 0 aromatic heterocycles. The van der Waals surface area contributed by atoms with Crippen LogP contribution in [0.1, 0.15) is 32.3 Å². The average Bonchev–Trinajstić information content (AvgIpc) is 2.24. The zero-order chi connectivity index (χ0) is 13.8. The third-order valence-electron chi connectivity index (χ3n) is 2.57. The summed E-state index contributed by atoms with van der Waals surface area (Å²) in [4.78, 5) is 0.243. The van der Waals surface area contributed by atoms with Gasteiger partial charge in [0.05, 0.1) is 4.90 Å². The van der Waals surface area contributed by atoms with E-state index < -0.39 is 15.7 Å². The molecule has 1 aromatic rings. The van der Waals surface area contributed by atoms with E-state index in [4.69, 9.17) is 0 Å². The monoisotopic (exact) mass is 273 g/mol. The molecule has 0 atom stereocenters. The summed E-state index contributed by atoms with van der Waals surface area (Å²) in [6.07, 6.45) is 0.817. The number of sulfonamides is 1. The topological polar surface area (TPSA) is 46.2 Å². The van der Waals surface area contributed by atoms with Gasteiger partial charge in [-0.1, -0.05) is 17.7 Å². The Labute approximate surface area is 108 Å². The van der Waals surface area contributed by atoms with Gasteiger partial charge in [0.1, 0.15) is 5.67 Å². The lowest BCUT2D eigenvalue weighted by Crippen LogP contribution is -2.26. The smallest absolute Gasteiger partial charge is 0.240 e. The van der Waals surface area contributed by atoms with Gasteiger partial charge in [-0.05, 0) is 45.7 Å². The first-order valence-corrected chi connectivity index (χ1v) is 7.44. The van der Waals surface area contributed by atoms with Gasteiger partial charge in [0, 0.05) is 6.54 Å². The van der Waals surface area contributed by atoms with E-state index in [1.165, 1.54) is 13.8 Å². The Hall–Kier alpha value is -0.940. The normalized spacial score (nSPS) is 12.7. The Morgan fingerprint density at radius 1 is 1.22 bits per heavy atom. The van der Waals surface area contributed by atoms with E-state index in [0.717, 1.165) is 5.56 Å². The Morgan fingerprint density at radius 2 is 1.78 bits per heavy atom. The van der Waals surface area contributed by atoms with Crippen LogP contribution in [0, 0.1) is 6.92 Å². The molecule has 0 saturated heterocycles. The van der Waals surface area contributed by atoms with Crippen molar-refractivity contribution in [3.63, 3.8) is 0 Å². The number of alkyl halides is 1. The Kier molecular flexibility index (Phi) is 4.87. The maximum Gasteiger partial charge on any atom is 0.240 e. The summed E-state index contributed by atoms with van der Waals surface area (Å²) in [5.41, 5.74) is -0.247. The van der Waals surface area contributed by atoms with E-state index >= 15 is 0 Å². The minimum atomic E-state index is -3.47. The summed E-state index contributed by atoms with van der Waals surface area (Å²) in [5, 5.41) is 0. The molecule has 0 amide bonds. The molecule has 3 nitrogen and oxygen atoms in total. The highest BCUT2D eigenvalue weighted by Gasteiger charge is 2.16. The number of hydrogen-bond donors (Lipinski definition) is 1. The second-order valence-corrected chi connectivity index (χ2v) is 6.80. The SMILES string of the molecule is Cc1ccc(S(=O)(=O)NCCCC(C)(C)F)cc1. The van der Waals surface area contributed by atoms with Gasteiger partial charge in [-0.3, -0.25) is 0 Å². The van der Waals surface area contributed by atoms with Gasteiger partial charge in [-0.2, -0.15) is 0 Å². The highest BCUT2D eigenvalue weighted by molar-refractivity contribution is 7.89. The molecule has 0 radical (unpaired) electrons. The number of benzene rings is 1. The molecule has 18 heavy (non-hydrogen) atoms. The van der Waals surface area contributed by atoms with Crippen LogP contribution in [-0.4, -0.2) is 20.6 Å². The lowest BCUT2D eigenvalue weighted by Gasteiger charge is -2.13. The van der Waals surface area contributed by atoms with Gasteiger partial charge in [0.2, 0.25) is 10.0 Å². The van der Waals surface area contributed by atoms with E-state index in [1.54, 1.807) is 24.3 Å². The molecule has 0 saturated carbocycles. The van der Waals surface area contributed by atoms with Crippen molar-refractivity contribution < 1.29 is 12.8 Å². The fourth-order valence-corrected chi connectivity index (χ4v) is 2.59. The number of rotatable bonds is 6. The largest absolute Gasteiger partial charge is 0.245 e. The lowest BCUT2D eigenvalue weighted by atomic mass is 10.1. The van der Waals surface area contributed by atoms with E-state index in [-0.39, 0.29) is 11.4 Å². The van der Waals surface area contributed by atoms with Crippen LogP contribution in [0.4, 0.5) is 4.39 Å². The predicted molar refractivity (Wildman–Crippen MR) is 70.8 cm³/mol. The van der Waals surface area contributed by atoms with Crippen molar-refractivity contribution in [3.05, 3.63) is 29.8 Å². The first kappa shape index (κ1) is 15.1. The van der Waals surface area contributed by atoms with Crippen molar-refractivity contribution in [3.8, 4) is 0 Å². The van der Waals surface area contributed by atoms with E-state index in [0.29, 0.717) is 12.8 Å². The molecule has 0 aliphatic heterocycles. The van der Waals surface area contributed by atoms with Crippen molar-refractivity contribution >= 4 is 10.0 Å². The van der Waals surface area contributed by atoms with Crippen molar-refractivity contribution in [1.29, 1.82) is 0 Å². The van der Waals surface area contributed by atoms with Crippen molar-refractivity contribution in [2.45, 2.75) is 44.2 Å². The minimum absolute atomic E-state index is 0.243. The molecular formula is C13H20FNO2S. The highest BCUT2D eigenvalue weighted by atomic mass is 32.2. The quantitative estimate of drug-likeness (QED) is 0.810. The zero-order valence-electron chi connectivity index (χ0n) is 11.0. The summed E-state index contributed by atoms with van der Waals surface area (Å²) >= 11 is 0. The second kappa shape index (κ2) is 5.80. The van der Waals surface area contributed by atoms with Gasteiger partial charge in [-0.25, -0.2) is 17.5 Å². The maximum absolute atomic E-state index is 13.2. The van der Waals surface area contributed by atoms with Gasteiger partial charge < -0.3 is 0 Å². The van der Waals surface area contributed by atoms with E-state index in [2.05, 4.69) is 4.72 Å². The summed E-state index contributed by atoms with van der Waals surface area (Å²) in [6, 6.07) is 6.63. The summed E-state index contributed by atoms with van der Waals surface area (Å²) in [7, 11) is -3.47. The van der Waals surface area contributed by atoms with Crippen molar-refractivity contribution in [1.82, 2.24) is 4.72 Å². The molecule has 0 aliphatic rings. The molecule has 0 unspecified atom stereocenters. The van der Waals surface area contributed by atoms with Crippen LogP contribution in [0.15, 0.2) is 29.2 Å². The zero-order valence-corrected chi connectivity index (χ0v) is 11.8. The van der Waals surface area contributed by atoms with Gasteiger partial charge >= 0.3 is 0 Å². The van der Waals surface area contributed by atoms with Crippen LogP contribution in [0.25, 0.3) is 0 Å². The highest BCUT2D eigenvalue weighted by Crippen LogP contribution is 2.16. The summed E-state index contributed by atoms with van der Waals surface area (Å²) in [5.74, 6) is 0. The number of hydrogen-bond acceptors (Lipinski definition) is 2. The molecule has 102 valence electrons. The van der Waals surface area contributed by atoms with Crippen LogP contribution in [0.2, 0.25) is 0 Å². The Morgan fingerprint density at radius 3 is 2.28 bits per heavy atom. The summed E-state index contributed by atoms with van der Waals surface area (Å²) < 4.78 is 39.4. The molecule has 1 rings (SSSR count). The van der Waals surface area contributed by atoms with Crippen LogP contribution in [-0.2, 0) is 10.0 Å². The number of aryl methyl sites for hydroxylation is 1. The molecule has 1 aromatic carbocycles.